The zero-order valence-corrected chi connectivity index (χ0v) is 12.6. The third-order valence-electron chi connectivity index (χ3n) is 2.66. The summed E-state index contributed by atoms with van der Waals surface area (Å²) in [4.78, 5) is 11.1. The van der Waals surface area contributed by atoms with E-state index in [0.29, 0.717) is 25.7 Å². The van der Waals surface area contributed by atoms with Crippen molar-refractivity contribution in [2.75, 3.05) is 0 Å². The fourth-order valence-electron chi connectivity index (χ4n) is 1.76. The van der Waals surface area contributed by atoms with Crippen LogP contribution in [0.25, 0.3) is 5.65 Å². The average Bonchev–Trinajstić information content (AvgIpc) is 2.82. The Balaban J connectivity index is 2.09. The summed E-state index contributed by atoms with van der Waals surface area (Å²) in [6, 6.07) is 7.98. The number of aromatic nitrogens is 3. The second-order valence-corrected chi connectivity index (χ2v) is 5.86. The summed E-state index contributed by atoms with van der Waals surface area (Å²) in [6.45, 7) is 0. The molecule has 0 spiro atoms. The van der Waals surface area contributed by atoms with Crippen molar-refractivity contribution in [2.24, 2.45) is 0 Å². The molecule has 106 valence electrons. The summed E-state index contributed by atoms with van der Waals surface area (Å²) in [5.41, 5.74) is 0.453. The molecule has 0 aliphatic rings. The summed E-state index contributed by atoms with van der Waals surface area (Å²) in [7, 11) is 0. The van der Waals surface area contributed by atoms with Crippen molar-refractivity contribution >= 4 is 46.3 Å². The summed E-state index contributed by atoms with van der Waals surface area (Å²) >= 11 is 13.1. The Hall–Kier alpha value is -1.83. The second kappa shape index (κ2) is 5.51. The van der Waals surface area contributed by atoms with Gasteiger partial charge in [-0.1, -0.05) is 35.3 Å². The Morgan fingerprint density at radius 2 is 2.00 bits per heavy atom. The second-order valence-electron chi connectivity index (χ2n) is 4.01. The lowest BCUT2D eigenvalue weighted by molar-refractivity contribution is -0.387. The number of benzene rings is 1. The normalized spacial score (nSPS) is 11.0. The molecular formula is C12H6Cl2N4O2S. The van der Waals surface area contributed by atoms with Gasteiger partial charge >= 0.3 is 0 Å². The molecule has 0 aliphatic heterocycles. The molecule has 1 aromatic carbocycles. The van der Waals surface area contributed by atoms with Crippen LogP contribution in [0.5, 0.6) is 0 Å². The number of rotatable bonds is 3. The van der Waals surface area contributed by atoms with Gasteiger partial charge in [-0.15, -0.1) is 10.2 Å². The first-order chi connectivity index (χ1) is 10.1. The van der Waals surface area contributed by atoms with Gasteiger partial charge in [0.2, 0.25) is 5.16 Å². The van der Waals surface area contributed by atoms with Crippen LogP contribution >= 0.6 is 35.0 Å². The van der Waals surface area contributed by atoms with E-state index in [1.807, 2.05) is 0 Å². The van der Waals surface area contributed by atoms with E-state index in [1.54, 1.807) is 34.9 Å². The van der Waals surface area contributed by atoms with Crippen LogP contribution in [0.2, 0.25) is 10.0 Å². The predicted octanol–water partition coefficient (Wildman–Crippen LogP) is 4.10. The Bertz CT molecular complexity index is 852. The van der Waals surface area contributed by atoms with Crippen LogP contribution in [-0.2, 0) is 0 Å². The first kappa shape index (κ1) is 14.1. The molecule has 0 unspecified atom stereocenters. The van der Waals surface area contributed by atoms with Gasteiger partial charge in [-0.2, -0.15) is 0 Å². The molecule has 2 aromatic heterocycles. The number of hydrogen-bond acceptors (Lipinski definition) is 5. The van der Waals surface area contributed by atoms with E-state index in [-0.39, 0.29) is 5.69 Å². The fourth-order valence-corrected chi connectivity index (χ4v) is 3.18. The van der Waals surface area contributed by atoms with E-state index in [9.17, 15) is 10.1 Å². The van der Waals surface area contributed by atoms with E-state index in [0.717, 1.165) is 11.8 Å². The number of nitro groups is 1. The van der Waals surface area contributed by atoms with E-state index in [1.165, 1.54) is 6.07 Å². The first-order valence-electron chi connectivity index (χ1n) is 5.67. The Morgan fingerprint density at radius 1 is 1.24 bits per heavy atom. The Labute approximate surface area is 132 Å². The third-order valence-corrected chi connectivity index (χ3v) is 4.17. The molecule has 0 saturated heterocycles. The molecule has 0 amide bonds. The number of para-hydroxylation sites is 1. The van der Waals surface area contributed by atoms with Crippen LogP contribution in [0.3, 0.4) is 0 Å². The predicted molar refractivity (Wildman–Crippen MR) is 80.2 cm³/mol. The lowest BCUT2D eigenvalue weighted by Crippen LogP contribution is -1.92. The number of halogens is 2. The van der Waals surface area contributed by atoms with E-state index >= 15 is 0 Å². The quantitative estimate of drug-likeness (QED) is 0.530. The van der Waals surface area contributed by atoms with Crippen molar-refractivity contribution < 1.29 is 4.92 Å². The van der Waals surface area contributed by atoms with Crippen LogP contribution in [0.1, 0.15) is 0 Å². The van der Waals surface area contributed by atoms with Crippen LogP contribution in [0.15, 0.2) is 46.6 Å². The first-order valence-corrected chi connectivity index (χ1v) is 7.24. The molecule has 3 aromatic rings. The van der Waals surface area contributed by atoms with Gasteiger partial charge in [-0.05, 0) is 23.9 Å². The summed E-state index contributed by atoms with van der Waals surface area (Å²) in [5, 5.41) is 20.2. The van der Waals surface area contributed by atoms with Gasteiger partial charge in [-0.25, -0.2) is 0 Å². The molecule has 0 bridgehead atoms. The fraction of sp³-hybridized carbons (Fsp3) is 0. The molecule has 2 heterocycles. The molecule has 0 aliphatic carbocycles. The zero-order valence-electron chi connectivity index (χ0n) is 10.2. The lowest BCUT2D eigenvalue weighted by Gasteiger charge is -2.02. The summed E-state index contributed by atoms with van der Waals surface area (Å²) < 4.78 is 1.60. The number of nitro benzene ring substituents is 1. The SMILES string of the molecule is O=[N+]([O-])c1ccccc1Sc1nnc2c(Cl)cc(Cl)cn12. The van der Waals surface area contributed by atoms with E-state index in [2.05, 4.69) is 10.2 Å². The van der Waals surface area contributed by atoms with Crippen LogP contribution in [-0.4, -0.2) is 19.5 Å². The topological polar surface area (TPSA) is 73.3 Å². The van der Waals surface area contributed by atoms with Gasteiger partial charge in [0.05, 0.1) is 19.9 Å². The maximum absolute atomic E-state index is 11.0. The molecule has 6 nitrogen and oxygen atoms in total. The molecule has 0 saturated carbocycles. The van der Waals surface area contributed by atoms with Gasteiger partial charge in [-0.3, -0.25) is 14.5 Å². The van der Waals surface area contributed by atoms with Crippen molar-refractivity contribution in [2.45, 2.75) is 10.1 Å². The van der Waals surface area contributed by atoms with Gasteiger partial charge < -0.3 is 0 Å². The number of fused-ring (bicyclic) bond motifs is 1. The highest BCUT2D eigenvalue weighted by molar-refractivity contribution is 7.99. The van der Waals surface area contributed by atoms with Crippen molar-refractivity contribution in [1.29, 1.82) is 0 Å². The standard InChI is InChI=1S/C12H6Cl2N4O2S/c13-7-5-8(14)11-15-16-12(17(11)6-7)21-10-4-2-1-3-9(10)18(19)20/h1-6H. The number of hydrogen-bond donors (Lipinski definition) is 0. The van der Waals surface area contributed by atoms with Crippen LogP contribution in [0, 0.1) is 10.1 Å². The molecule has 9 heteroatoms. The average molecular weight is 341 g/mol. The minimum absolute atomic E-state index is 0.00683. The number of pyridine rings is 1. The Kier molecular flexibility index (Phi) is 3.71. The summed E-state index contributed by atoms with van der Waals surface area (Å²) in [6.07, 6.45) is 1.61. The lowest BCUT2D eigenvalue weighted by atomic mass is 10.3. The van der Waals surface area contributed by atoms with Crippen LogP contribution < -0.4 is 0 Å². The van der Waals surface area contributed by atoms with Gasteiger partial charge in [0.25, 0.3) is 5.69 Å². The third kappa shape index (κ3) is 2.67. The van der Waals surface area contributed by atoms with E-state index < -0.39 is 4.92 Å². The molecule has 3 rings (SSSR count). The summed E-state index contributed by atoms with van der Waals surface area (Å²) in [5.74, 6) is 0. The zero-order chi connectivity index (χ0) is 15.0. The molecule has 0 N–H and O–H groups in total. The van der Waals surface area contributed by atoms with Crippen molar-refractivity contribution in [3.8, 4) is 0 Å². The maximum Gasteiger partial charge on any atom is 0.283 e. The highest BCUT2D eigenvalue weighted by Gasteiger charge is 2.17. The highest BCUT2D eigenvalue weighted by Crippen LogP contribution is 2.34. The number of nitrogens with zero attached hydrogens (tertiary/aromatic N) is 4. The van der Waals surface area contributed by atoms with Crippen molar-refractivity contribution in [3.63, 3.8) is 0 Å². The van der Waals surface area contributed by atoms with Crippen molar-refractivity contribution in [3.05, 3.63) is 56.7 Å². The van der Waals surface area contributed by atoms with Gasteiger partial charge in [0.1, 0.15) is 0 Å². The highest BCUT2D eigenvalue weighted by atomic mass is 35.5. The molecule has 21 heavy (non-hydrogen) atoms. The molecule has 0 radical (unpaired) electrons. The minimum atomic E-state index is -0.439. The monoisotopic (exact) mass is 340 g/mol. The van der Waals surface area contributed by atoms with Crippen LogP contribution in [0.4, 0.5) is 5.69 Å². The minimum Gasteiger partial charge on any atom is -0.274 e. The maximum atomic E-state index is 11.0. The van der Waals surface area contributed by atoms with Gasteiger partial charge in [0, 0.05) is 12.3 Å². The molecule has 0 atom stereocenters. The molecular weight excluding hydrogens is 335 g/mol. The van der Waals surface area contributed by atoms with E-state index in [4.69, 9.17) is 23.2 Å². The van der Waals surface area contributed by atoms with Gasteiger partial charge in [0.15, 0.2) is 5.65 Å². The smallest absolute Gasteiger partial charge is 0.274 e. The molecule has 0 fully saturated rings. The van der Waals surface area contributed by atoms with Crippen molar-refractivity contribution in [1.82, 2.24) is 14.6 Å². The largest absolute Gasteiger partial charge is 0.283 e. The Morgan fingerprint density at radius 3 is 2.76 bits per heavy atom.